The lowest BCUT2D eigenvalue weighted by Gasteiger charge is -2.31. The summed E-state index contributed by atoms with van der Waals surface area (Å²) in [6.45, 7) is -0.134. The number of nitrogens with zero attached hydrogens (tertiary/aromatic N) is 1. The van der Waals surface area contributed by atoms with Gasteiger partial charge in [-0.05, 0) is 40.9 Å². The molecule has 0 aromatic heterocycles. The fourth-order valence-corrected chi connectivity index (χ4v) is 4.27. The fourth-order valence-electron chi connectivity index (χ4n) is 2.78. The minimum Gasteiger partial charge on any atom is -0.324 e. The summed E-state index contributed by atoms with van der Waals surface area (Å²) in [5, 5.41) is 2.76. The number of para-hydroxylation sites is 1. The molecule has 1 fully saturated rings. The van der Waals surface area contributed by atoms with E-state index in [1.165, 1.54) is 10.6 Å². The number of carbonyl (C=O) groups excluding carboxylic acids is 1. The highest BCUT2D eigenvalue weighted by molar-refractivity contribution is 9.10. The van der Waals surface area contributed by atoms with Crippen LogP contribution in [0.25, 0.3) is 0 Å². The normalized spacial score (nSPS) is 16.7. The van der Waals surface area contributed by atoms with Gasteiger partial charge in [0.2, 0.25) is 15.9 Å². The minimum atomic E-state index is -3.40. The largest absolute Gasteiger partial charge is 0.324 e. The second kappa shape index (κ2) is 7.57. The molecule has 1 N–H and O–H groups in total. The van der Waals surface area contributed by atoms with Crippen molar-refractivity contribution in [3.05, 3.63) is 28.7 Å². The van der Waals surface area contributed by atoms with Crippen LogP contribution >= 0.6 is 15.9 Å². The number of hydrogen-bond acceptors (Lipinski definition) is 3. The Labute approximate surface area is 140 Å². The summed E-state index contributed by atoms with van der Waals surface area (Å²) in [4.78, 5) is 12.2. The van der Waals surface area contributed by atoms with Gasteiger partial charge in [0, 0.05) is 10.5 Å². The highest BCUT2D eigenvalue weighted by atomic mass is 79.9. The summed E-state index contributed by atoms with van der Waals surface area (Å²) in [5.74, 6) is -0.317. The second-order valence-electron chi connectivity index (χ2n) is 5.63. The molecule has 5 nitrogen and oxygen atoms in total. The number of carbonyl (C=O) groups is 1. The van der Waals surface area contributed by atoms with E-state index in [2.05, 4.69) is 21.2 Å². The average molecular weight is 389 g/mol. The zero-order chi connectivity index (χ0) is 16.2. The van der Waals surface area contributed by atoms with Crippen LogP contribution in [-0.2, 0) is 14.8 Å². The van der Waals surface area contributed by atoms with Crippen molar-refractivity contribution >= 4 is 37.5 Å². The van der Waals surface area contributed by atoms with Crippen LogP contribution in [0.1, 0.15) is 32.1 Å². The number of nitrogens with one attached hydrogen (secondary N) is 1. The van der Waals surface area contributed by atoms with E-state index in [-0.39, 0.29) is 18.5 Å². The van der Waals surface area contributed by atoms with Gasteiger partial charge in [0.05, 0.1) is 18.5 Å². The molecule has 1 aromatic carbocycles. The molecule has 0 heterocycles. The van der Waals surface area contributed by atoms with Gasteiger partial charge in [0.25, 0.3) is 0 Å². The Hall–Kier alpha value is -0.920. The van der Waals surface area contributed by atoms with Crippen LogP contribution in [0.4, 0.5) is 5.69 Å². The van der Waals surface area contributed by atoms with Crippen molar-refractivity contribution in [1.29, 1.82) is 0 Å². The van der Waals surface area contributed by atoms with Crippen LogP contribution in [0.2, 0.25) is 0 Å². The van der Waals surface area contributed by atoms with Crippen molar-refractivity contribution in [2.75, 3.05) is 18.1 Å². The SMILES string of the molecule is CS(=O)(=O)N(CC(=O)Nc1ccccc1Br)C1CCCCC1. The molecular weight excluding hydrogens is 368 g/mol. The standard InChI is InChI=1S/C15H21BrN2O3S/c1-22(20,21)18(12-7-3-2-4-8-12)11-15(19)17-14-10-6-5-9-13(14)16/h5-6,9-10,12H,2-4,7-8,11H2,1H3,(H,17,19). The van der Waals surface area contributed by atoms with Crippen LogP contribution in [0.3, 0.4) is 0 Å². The molecule has 1 aliphatic rings. The van der Waals surface area contributed by atoms with E-state index in [0.29, 0.717) is 5.69 Å². The number of rotatable bonds is 5. The second-order valence-corrected chi connectivity index (χ2v) is 8.42. The first-order valence-corrected chi connectivity index (χ1v) is 10.0. The molecule has 0 saturated heterocycles. The lowest BCUT2D eigenvalue weighted by molar-refractivity contribution is -0.116. The van der Waals surface area contributed by atoms with Crippen LogP contribution in [0, 0.1) is 0 Å². The highest BCUT2D eigenvalue weighted by Crippen LogP contribution is 2.25. The molecule has 0 aliphatic heterocycles. The maximum absolute atomic E-state index is 12.2. The first-order valence-electron chi connectivity index (χ1n) is 7.39. The minimum absolute atomic E-state index is 0.0614. The van der Waals surface area contributed by atoms with Crippen molar-refractivity contribution in [3.63, 3.8) is 0 Å². The van der Waals surface area contributed by atoms with E-state index >= 15 is 0 Å². The third-order valence-electron chi connectivity index (χ3n) is 3.86. The number of benzene rings is 1. The van der Waals surface area contributed by atoms with Gasteiger partial charge in [-0.1, -0.05) is 31.4 Å². The fraction of sp³-hybridized carbons (Fsp3) is 0.533. The first-order chi connectivity index (χ1) is 10.4. The average Bonchev–Trinajstić information content (AvgIpc) is 2.47. The van der Waals surface area contributed by atoms with Crippen LogP contribution in [0.15, 0.2) is 28.7 Å². The van der Waals surface area contributed by atoms with Crippen molar-refractivity contribution in [2.24, 2.45) is 0 Å². The molecule has 22 heavy (non-hydrogen) atoms. The molecule has 1 aromatic rings. The van der Waals surface area contributed by atoms with Gasteiger partial charge in [-0.3, -0.25) is 4.79 Å². The Morgan fingerprint density at radius 1 is 1.27 bits per heavy atom. The van der Waals surface area contributed by atoms with Gasteiger partial charge in [0.1, 0.15) is 0 Å². The summed E-state index contributed by atoms with van der Waals surface area (Å²) in [6.07, 6.45) is 6.00. The highest BCUT2D eigenvalue weighted by Gasteiger charge is 2.29. The van der Waals surface area contributed by atoms with Crippen molar-refractivity contribution in [1.82, 2.24) is 4.31 Å². The Morgan fingerprint density at radius 3 is 2.50 bits per heavy atom. The Kier molecular flexibility index (Phi) is 6.00. The number of halogens is 1. The lowest BCUT2D eigenvalue weighted by atomic mass is 9.95. The predicted octanol–water partition coefficient (Wildman–Crippen LogP) is 2.98. The number of sulfonamides is 1. The molecule has 122 valence electrons. The predicted molar refractivity (Wildman–Crippen MR) is 91.2 cm³/mol. The van der Waals surface area contributed by atoms with E-state index < -0.39 is 10.0 Å². The third-order valence-corrected chi connectivity index (χ3v) is 5.83. The van der Waals surface area contributed by atoms with Gasteiger partial charge in [0.15, 0.2) is 0 Å². The smallest absolute Gasteiger partial charge is 0.239 e. The third kappa shape index (κ3) is 4.79. The van der Waals surface area contributed by atoms with Gasteiger partial charge in [-0.2, -0.15) is 4.31 Å². The quantitative estimate of drug-likeness (QED) is 0.842. The molecule has 1 amide bonds. The molecule has 0 spiro atoms. The Morgan fingerprint density at radius 2 is 1.91 bits per heavy atom. The summed E-state index contributed by atoms with van der Waals surface area (Å²) < 4.78 is 26.2. The molecule has 0 radical (unpaired) electrons. The maximum atomic E-state index is 12.2. The summed E-state index contributed by atoms with van der Waals surface area (Å²) >= 11 is 3.36. The molecule has 0 atom stereocenters. The Bertz CT molecular complexity index is 627. The number of amides is 1. The zero-order valence-electron chi connectivity index (χ0n) is 12.6. The molecule has 2 rings (SSSR count). The van der Waals surface area contributed by atoms with Gasteiger partial charge < -0.3 is 5.32 Å². The van der Waals surface area contributed by atoms with Crippen molar-refractivity contribution in [2.45, 2.75) is 38.1 Å². The topological polar surface area (TPSA) is 66.5 Å². The molecule has 0 unspecified atom stereocenters. The van der Waals surface area contributed by atoms with Crippen molar-refractivity contribution < 1.29 is 13.2 Å². The molecular formula is C15H21BrN2O3S. The summed E-state index contributed by atoms with van der Waals surface area (Å²) in [6, 6.07) is 7.20. The lowest BCUT2D eigenvalue weighted by Crippen LogP contribution is -2.45. The maximum Gasteiger partial charge on any atom is 0.239 e. The Balaban J connectivity index is 2.07. The summed E-state index contributed by atoms with van der Waals surface area (Å²) in [5.41, 5.74) is 0.643. The zero-order valence-corrected chi connectivity index (χ0v) is 15.0. The molecule has 7 heteroatoms. The molecule has 0 bridgehead atoms. The number of hydrogen-bond donors (Lipinski definition) is 1. The monoisotopic (exact) mass is 388 g/mol. The van der Waals surface area contributed by atoms with Crippen LogP contribution in [0.5, 0.6) is 0 Å². The molecule has 1 saturated carbocycles. The van der Waals surface area contributed by atoms with E-state index in [0.717, 1.165) is 36.6 Å². The molecule has 1 aliphatic carbocycles. The first kappa shape index (κ1) is 17.4. The van der Waals surface area contributed by atoms with Gasteiger partial charge in [-0.25, -0.2) is 8.42 Å². The van der Waals surface area contributed by atoms with E-state index in [1.54, 1.807) is 6.07 Å². The van der Waals surface area contributed by atoms with Gasteiger partial charge in [-0.15, -0.1) is 0 Å². The summed E-state index contributed by atoms with van der Waals surface area (Å²) in [7, 11) is -3.40. The van der Waals surface area contributed by atoms with Crippen molar-refractivity contribution in [3.8, 4) is 0 Å². The van der Waals surface area contributed by atoms with E-state index in [9.17, 15) is 13.2 Å². The van der Waals surface area contributed by atoms with Crippen LogP contribution in [-0.4, -0.2) is 37.5 Å². The van der Waals surface area contributed by atoms with E-state index in [4.69, 9.17) is 0 Å². The van der Waals surface area contributed by atoms with Crippen LogP contribution < -0.4 is 5.32 Å². The van der Waals surface area contributed by atoms with E-state index in [1.807, 2.05) is 18.2 Å². The van der Waals surface area contributed by atoms with Gasteiger partial charge >= 0.3 is 0 Å². The number of anilines is 1.